The molecule has 0 unspecified atom stereocenters. The molecule has 0 radical (unpaired) electrons. The van der Waals surface area contributed by atoms with Gasteiger partial charge in [-0.1, -0.05) is 6.08 Å². The van der Waals surface area contributed by atoms with E-state index in [0.717, 1.165) is 11.3 Å². The summed E-state index contributed by atoms with van der Waals surface area (Å²) in [6.07, 6.45) is 1.70. The monoisotopic (exact) mass is 342 g/mol. The van der Waals surface area contributed by atoms with Crippen LogP contribution in [-0.2, 0) is 9.53 Å². The lowest BCUT2D eigenvalue weighted by atomic mass is 10.1. The number of ether oxygens (including phenoxy) is 1. The Bertz CT molecular complexity index is 596. The predicted octanol–water partition coefficient (Wildman–Crippen LogP) is 2.19. The van der Waals surface area contributed by atoms with E-state index in [-0.39, 0.29) is 33.7 Å². The minimum Gasteiger partial charge on any atom is -0.462 e. The Morgan fingerprint density at radius 3 is 2.68 bits per heavy atom. The van der Waals surface area contributed by atoms with Crippen LogP contribution in [0.1, 0.15) is 32.5 Å². The van der Waals surface area contributed by atoms with Gasteiger partial charge in [-0.25, -0.2) is 4.79 Å². The number of carbonyl (C=O) groups is 3. The lowest BCUT2D eigenvalue weighted by Gasteiger charge is -2.06. The van der Waals surface area contributed by atoms with Gasteiger partial charge in [-0.15, -0.1) is 29.7 Å². The molecule has 0 aliphatic rings. The van der Waals surface area contributed by atoms with Crippen LogP contribution in [-0.4, -0.2) is 35.9 Å². The van der Waals surface area contributed by atoms with Gasteiger partial charge in [0.1, 0.15) is 5.00 Å². The number of esters is 1. The molecule has 1 heterocycles. The standard InChI is InChI=1S/C14H18N2O4S2/c1-4-6-21-7-9(17)16-13-10(14(19)20-5-2)8(3)11(22-13)12(15)18/h4H,1,5-7H2,2-3H3,(H2,15,18)(H,16,17). The Morgan fingerprint density at radius 2 is 2.14 bits per heavy atom. The van der Waals surface area contributed by atoms with Crippen molar-refractivity contribution in [2.45, 2.75) is 13.8 Å². The highest BCUT2D eigenvalue weighted by Crippen LogP contribution is 2.33. The van der Waals surface area contributed by atoms with Crippen molar-refractivity contribution in [3.05, 3.63) is 28.7 Å². The van der Waals surface area contributed by atoms with Crippen LogP contribution in [0.2, 0.25) is 0 Å². The van der Waals surface area contributed by atoms with Crippen molar-refractivity contribution >= 4 is 45.9 Å². The summed E-state index contributed by atoms with van der Waals surface area (Å²) in [7, 11) is 0. The molecule has 0 bridgehead atoms. The lowest BCUT2D eigenvalue weighted by Crippen LogP contribution is -2.16. The third-order valence-electron chi connectivity index (χ3n) is 2.57. The third kappa shape index (κ3) is 4.60. The van der Waals surface area contributed by atoms with E-state index in [2.05, 4.69) is 11.9 Å². The van der Waals surface area contributed by atoms with E-state index in [4.69, 9.17) is 10.5 Å². The molecule has 0 saturated carbocycles. The van der Waals surface area contributed by atoms with Crippen LogP contribution in [0, 0.1) is 6.92 Å². The average Bonchev–Trinajstić information content (AvgIpc) is 2.76. The highest BCUT2D eigenvalue weighted by molar-refractivity contribution is 8.00. The molecule has 2 amide bonds. The molecule has 1 aromatic heterocycles. The van der Waals surface area contributed by atoms with Crippen molar-refractivity contribution in [1.29, 1.82) is 0 Å². The SMILES string of the molecule is C=CCSCC(=O)Nc1sc(C(N)=O)c(C)c1C(=O)OCC. The van der Waals surface area contributed by atoms with Gasteiger partial charge >= 0.3 is 5.97 Å². The topological polar surface area (TPSA) is 98.5 Å². The molecule has 0 aliphatic carbocycles. The van der Waals surface area contributed by atoms with Gasteiger partial charge in [0.2, 0.25) is 5.91 Å². The number of nitrogens with two attached hydrogens (primary N) is 1. The zero-order valence-corrected chi connectivity index (χ0v) is 14.1. The van der Waals surface area contributed by atoms with Crippen molar-refractivity contribution < 1.29 is 19.1 Å². The number of hydrogen-bond donors (Lipinski definition) is 2. The highest BCUT2D eigenvalue weighted by Gasteiger charge is 2.25. The summed E-state index contributed by atoms with van der Waals surface area (Å²) in [5.74, 6) is -0.632. The maximum atomic E-state index is 12.0. The van der Waals surface area contributed by atoms with Gasteiger partial charge in [-0.2, -0.15) is 0 Å². The number of hydrogen-bond acceptors (Lipinski definition) is 6. The molecule has 8 heteroatoms. The van der Waals surface area contributed by atoms with E-state index < -0.39 is 11.9 Å². The molecule has 0 saturated heterocycles. The van der Waals surface area contributed by atoms with E-state index in [1.165, 1.54) is 11.8 Å². The van der Waals surface area contributed by atoms with E-state index in [0.29, 0.717) is 11.3 Å². The molecular formula is C14H18N2O4S2. The van der Waals surface area contributed by atoms with Crippen molar-refractivity contribution in [3.63, 3.8) is 0 Å². The first-order valence-corrected chi connectivity index (χ1v) is 8.48. The molecule has 0 fully saturated rings. The molecule has 120 valence electrons. The summed E-state index contributed by atoms with van der Waals surface area (Å²) in [5, 5.41) is 2.93. The van der Waals surface area contributed by atoms with Crippen LogP contribution in [0.3, 0.4) is 0 Å². The van der Waals surface area contributed by atoms with Gasteiger partial charge in [-0.05, 0) is 19.4 Å². The number of anilines is 1. The number of thioether (sulfide) groups is 1. The Labute approximate surface area is 137 Å². The van der Waals surface area contributed by atoms with Crippen molar-refractivity contribution in [1.82, 2.24) is 0 Å². The number of carbonyl (C=O) groups excluding carboxylic acids is 3. The van der Waals surface area contributed by atoms with Gasteiger partial charge < -0.3 is 15.8 Å². The number of thiophene rings is 1. The first-order valence-electron chi connectivity index (χ1n) is 6.51. The molecule has 1 rings (SSSR count). The van der Waals surface area contributed by atoms with Gasteiger partial charge in [0.05, 0.1) is 22.8 Å². The fraction of sp³-hybridized carbons (Fsp3) is 0.357. The summed E-state index contributed by atoms with van der Waals surface area (Å²) in [6, 6.07) is 0. The van der Waals surface area contributed by atoms with Crippen LogP contribution in [0.4, 0.5) is 5.00 Å². The minimum atomic E-state index is -0.644. The summed E-state index contributed by atoms with van der Waals surface area (Å²) in [5.41, 5.74) is 5.90. The molecule has 0 atom stereocenters. The third-order valence-corrected chi connectivity index (χ3v) is 4.73. The normalized spacial score (nSPS) is 10.1. The molecule has 22 heavy (non-hydrogen) atoms. The first kappa shape index (κ1) is 18.2. The second kappa shape index (κ2) is 8.60. The zero-order valence-electron chi connectivity index (χ0n) is 12.4. The lowest BCUT2D eigenvalue weighted by molar-refractivity contribution is -0.113. The van der Waals surface area contributed by atoms with Crippen molar-refractivity contribution in [2.75, 3.05) is 23.4 Å². The Kier molecular flexibility index (Phi) is 7.13. The van der Waals surface area contributed by atoms with Crippen LogP contribution in [0.25, 0.3) is 0 Å². The summed E-state index contributed by atoms with van der Waals surface area (Å²) >= 11 is 2.37. The quantitative estimate of drug-likeness (QED) is 0.429. The van der Waals surface area contributed by atoms with Gasteiger partial charge in [0.15, 0.2) is 0 Å². The minimum absolute atomic E-state index is 0.183. The van der Waals surface area contributed by atoms with E-state index >= 15 is 0 Å². The Balaban J connectivity index is 3.03. The zero-order chi connectivity index (χ0) is 16.7. The van der Waals surface area contributed by atoms with Crippen LogP contribution < -0.4 is 11.1 Å². The van der Waals surface area contributed by atoms with Crippen molar-refractivity contribution in [2.24, 2.45) is 5.73 Å². The molecule has 3 N–H and O–H groups in total. The molecule has 6 nitrogen and oxygen atoms in total. The van der Waals surface area contributed by atoms with E-state index in [1.807, 2.05) is 0 Å². The largest absolute Gasteiger partial charge is 0.462 e. The smallest absolute Gasteiger partial charge is 0.341 e. The molecule has 0 aromatic carbocycles. The number of rotatable bonds is 8. The average molecular weight is 342 g/mol. The summed E-state index contributed by atoms with van der Waals surface area (Å²) in [4.78, 5) is 35.6. The van der Waals surface area contributed by atoms with E-state index in [1.54, 1.807) is 19.9 Å². The Hall–Kier alpha value is -1.80. The maximum absolute atomic E-state index is 12.0. The summed E-state index contributed by atoms with van der Waals surface area (Å²) in [6.45, 7) is 7.05. The van der Waals surface area contributed by atoms with Crippen LogP contribution in [0.5, 0.6) is 0 Å². The fourth-order valence-electron chi connectivity index (χ4n) is 1.68. The second-order valence-corrected chi connectivity index (χ2v) is 6.25. The number of nitrogens with one attached hydrogen (secondary N) is 1. The fourth-order valence-corrected chi connectivity index (χ4v) is 3.29. The highest BCUT2D eigenvalue weighted by atomic mass is 32.2. The maximum Gasteiger partial charge on any atom is 0.341 e. The molecular weight excluding hydrogens is 324 g/mol. The molecule has 0 spiro atoms. The molecule has 1 aromatic rings. The van der Waals surface area contributed by atoms with E-state index in [9.17, 15) is 14.4 Å². The Morgan fingerprint density at radius 1 is 1.45 bits per heavy atom. The number of amides is 2. The molecule has 0 aliphatic heterocycles. The van der Waals surface area contributed by atoms with Gasteiger partial charge in [0, 0.05) is 5.75 Å². The first-order chi connectivity index (χ1) is 10.4. The number of primary amides is 1. The predicted molar refractivity (Wildman–Crippen MR) is 89.7 cm³/mol. The van der Waals surface area contributed by atoms with Gasteiger partial charge in [0.25, 0.3) is 5.91 Å². The summed E-state index contributed by atoms with van der Waals surface area (Å²) < 4.78 is 4.97. The van der Waals surface area contributed by atoms with Crippen LogP contribution in [0.15, 0.2) is 12.7 Å². The van der Waals surface area contributed by atoms with Crippen LogP contribution >= 0.6 is 23.1 Å². The second-order valence-electron chi connectivity index (χ2n) is 4.20. The van der Waals surface area contributed by atoms with Gasteiger partial charge in [-0.3, -0.25) is 9.59 Å². The van der Waals surface area contributed by atoms with Crippen molar-refractivity contribution in [3.8, 4) is 0 Å².